The second-order valence-corrected chi connectivity index (χ2v) is 4.44. The van der Waals surface area contributed by atoms with E-state index in [-0.39, 0.29) is 24.9 Å². The van der Waals surface area contributed by atoms with Gasteiger partial charge in [-0.25, -0.2) is 0 Å². The number of carbonyl (C=O) groups is 2. The predicted molar refractivity (Wildman–Crippen MR) is 67.1 cm³/mol. The Hall–Kier alpha value is -1.88. The number of benzene rings is 1. The minimum atomic E-state index is -0.633. The maximum absolute atomic E-state index is 11.7. The van der Waals surface area contributed by atoms with Crippen LogP contribution < -0.4 is 4.90 Å². The zero-order chi connectivity index (χ0) is 13.3. The Morgan fingerprint density at radius 3 is 2.28 bits per heavy atom. The van der Waals surface area contributed by atoms with Crippen LogP contribution in [0.25, 0.3) is 0 Å². The Labute approximate surface area is 106 Å². The van der Waals surface area contributed by atoms with E-state index in [1.807, 2.05) is 18.2 Å². The van der Waals surface area contributed by atoms with Gasteiger partial charge in [0.05, 0.1) is 19.2 Å². The van der Waals surface area contributed by atoms with Crippen LogP contribution >= 0.6 is 0 Å². The van der Waals surface area contributed by atoms with Crippen molar-refractivity contribution in [2.75, 3.05) is 25.0 Å². The maximum Gasteiger partial charge on any atom is 0.248 e. The second-order valence-electron chi connectivity index (χ2n) is 4.44. The van der Waals surface area contributed by atoms with Gasteiger partial charge < -0.3 is 10.0 Å². The van der Waals surface area contributed by atoms with E-state index >= 15 is 0 Å². The quantitative estimate of drug-likeness (QED) is 0.776. The molecule has 0 saturated carbocycles. The molecule has 18 heavy (non-hydrogen) atoms. The van der Waals surface area contributed by atoms with E-state index in [0.29, 0.717) is 0 Å². The average Bonchev–Trinajstić information content (AvgIpc) is 2.35. The molecule has 1 atom stereocenters. The molecule has 5 heteroatoms. The lowest BCUT2D eigenvalue weighted by molar-refractivity contribution is -0.143. The zero-order valence-corrected chi connectivity index (χ0v) is 10.5. The summed E-state index contributed by atoms with van der Waals surface area (Å²) in [5, 5.41) is 9.71. The molecule has 0 spiro atoms. The number of aliphatic hydroxyl groups excluding tert-OH is 1. The van der Waals surface area contributed by atoms with Crippen LogP contribution in [0, 0.1) is 0 Å². The molecule has 96 valence electrons. The van der Waals surface area contributed by atoms with E-state index in [4.69, 9.17) is 0 Å². The third kappa shape index (κ3) is 2.22. The molecule has 1 saturated heterocycles. The van der Waals surface area contributed by atoms with Crippen LogP contribution in [0.15, 0.2) is 24.3 Å². The van der Waals surface area contributed by atoms with E-state index in [2.05, 4.69) is 0 Å². The highest BCUT2D eigenvalue weighted by molar-refractivity contribution is 6.02. The van der Waals surface area contributed by atoms with Crippen LogP contribution in [0.3, 0.4) is 0 Å². The number of aliphatic hydroxyl groups is 1. The van der Waals surface area contributed by atoms with E-state index in [1.54, 1.807) is 17.9 Å². The first-order valence-corrected chi connectivity index (χ1v) is 5.82. The van der Waals surface area contributed by atoms with Crippen molar-refractivity contribution in [1.29, 1.82) is 0 Å². The molecule has 2 amide bonds. The molecule has 1 unspecified atom stereocenters. The van der Waals surface area contributed by atoms with Gasteiger partial charge in [0.1, 0.15) is 0 Å². The summed E-state index contributed by atoms with van der Waals surface area (Å²) in [5.74, 6) is -0.460. The zero-order valence-electron chi connectivity index (χ0n) is 10.5. The second kappa shape index (κ2) is 4.78. The lowest BCUT2D eigenvalue weighted by atomic mass is 10.1. The van der Waals surface area contributed by atoms with Crippen LogP contribution in [0.1, 0.15) is 18.6 Å². The smallest absolute Gasteiger partial charge is 0.248 e. The van der Waals surface area contributed by atoms with Crippen LogP contribution in [0.4, 0.5) is 5.69 Å². The van der Waals surface area contributed by atoms with Crippen molar-refractivity contribution in [3.63, 3.8) is 0 Å². The first kappa shape index (κ1) is 12.6. The van der Waals surface area contributed by atoms with Gasteiger partial charge in [0.15, 0.2) is 0 Å². The molecule has 1 aliphatic rings. The Morgan fingerprint density at radius 2 is 1.72 bits per heavy atom. The number of anilines is 1. The molecular weight excluding hydrogens is 232 g/mol. The molecule has 0 radical (unpaired) electrons. The number of likely N-dealkylation sites (N-methyl/N-ethyl adjacent to an activating group) is 1. The fraction of sp³-hybridized carbons (Fsp3) is 0.385. The number of carbonyl (C=O) groups excluding carboxylic acids is 2. The minimum absolute atomic E-state index is 0.159. The van der Waals surface area contributed by atoms with Gasteiger partial charge in [0, 0.05) is 18.3 Å². The molecule has 5 nitrogen and oxygen atoms in total. The van der Waals surface area contributed by atoms with Crippen molar-refractivity contribution in [2.24, 2.45) is 0 Å². The molecule has 2 rings (SSSR count). The number of imide groups is 1. The van der Waals surface area contributed by atoms with Gasteiger partial charge in [-0.3, -0.25) is 14.5 Å². The van der Waals surface area contributed by atoms with Gasteiger partial charge in [0.2, 0.25) is 11.8 Å². The molecule has 1 aromatic carbocycles. The first-order chi connectivity index (χ1) is 8.50. The lowest BCUT2D eigenvalue weighted by Gasteiger charge is -2.33. The number of para-hydroxylation sites is 1. The van der Waals surface area contributed by atoms with Crippen molar-refractivity contribution in [3.8, 4) is 0 Å². The molecule has 1 N–H and O–H groups in total. The van der Waals surface area contributed by atoms with E-state index in [1.165, 1.54) is 7.05 Å². The summed E-state index contributed by atoms with van der Waals surface area (Å²) in [4.78, 5) is 26.2. The van der Waals surface area contributed by atoms with Crippen LogP contribution in [-0.4, -0.2) is 42.0 Å². The lowest BCUT2D eigenvalue weighted by Crippen LogP contribution is -2.52. The Kier molecular flexibility index (Phi) is 3.34. The fourth-order valence-corrected chi connectivity index (χ4v) is 2.03. The number of piperazine rings is 1. The molecule has 1 aromatic rings. The fourth-order valence-electron chi connectivity index (χ4n) is 2.03. The molecule has 0 aromatic heterocycles. The molecular formula is C13H16N2O3. The summed E-state index contributed by atoms with van der Waals surface area (Å²) >= 11 is 0. The summed E-state index contributed by atoms with van der Waals surface area (Å²) in [6.45, 7) is 1.98. The van der Waals surface area contributed by atoms with Crippen molar-refractivity contribution in [3.05, 3.63) is 29.8 Å². The highest BCUT2D eigenvalue weighted by Gasteiger charge is 2.29. The number of hydrogen-bond acceptors (Lipinski definition) is 4. The van der Waals surface area contributed by atoms with Crippen molar-refractivity contribution in [1.82, 2.24) is 4.90 Å². The standard InChI is InChI=1S/C13H16N2O3/c1-9(16)10-5-3-4-6-11(10)15-7-12(17)14(2)13(18)8-15/h3-6,9,16H,7-8H2,1-2H3. The van der Waals surface area contributed by atoms with Crippen LogP contribution in [0.5, 0.6) is 0 Å². The molecule has 1 fully saturated rings. The number of hydrogen-bond donors (Lipinski definition) is 1. The highest BCUT2D eigenvalue weighted by Crippen LogP contribution is 2.27. The third-order valence-electron chi connectivity index (χ3n) is 3.13. The summed E-state index contributed by atoms with van der Waals surface area (Å²) in [6.07, 6.45) is -0.633. The first-order valence-electron chi connectivity index (χ1n) is 5.82. The maximum atomic E-state index is 11.7. The van der Waals surface area contributed by atoms with Gasteiger partial charge in [0.25, 0.3) is 0 Å². The Morgan fingerprint density at radius 1 is 1.17 bits per heavy atom. The van der Waals surface area contributed by atoms with Gasteiger partial charge in [-0.1, -0.05) is 18.2 Å². The van der Waals surface area contributed by atoms with Gasteiger partial charge in [-0.05, 0) is 13.0 Å². The van der Waals surface area contributed by atoms with Gasteiger partial charge in [-0.2, -0.15) is 0 Å². The van der Waals surface area contributed by atoms with Crippen LogP contribution in [-0.2, 0) is 9.59 Å². The molecule has 1 heterocycles. The Balaban J connectivity index is 2.32. The number of rotatable bonds is 2. The summed E-state index contributed by atoms with van der Waals surface area (Å²) in [7, 11) is 1.49. The SMILES string of the molecule is CC(O)c1ccccc1N1CC(=O)N(C)C(=O)C1. The van der Waals surface area contributed by atoms with Crippen molar-refractivity contribution < 1.29 is 14.7 Å². The van der Waals surface area contributed by atoms with E-state index < -0.39 is 6.10 Å². The van der Waals surface area contributed by atoms with Gasteiger partial charge >= 0.3 is 0 Å². The number of nitrogens with zero attached hydrogens (tertiary/aromatic N) is 2. The number of amides is 2. The molecule has 0 bridgehead atoms. The monoisotopic (exact) mass is 248 g/mol. The third-order valence-corrected chi connectivity index (χ3v) is 3.13. The summed E-state index contributed by atoms with van der Waals surface area (Å²) in [6, 6.07) is 7.26. The van der Waals surface area contributed by atoms with Crippen LogP contribution in [0.2, 0.25) is 0 Å². The van der Waals surface area contributed by atoms with Gasteiger partial charge in [-0.15, -0.1) is 0 Å². The summed E-state index contributed by atoms with van der Waals surface area (Å²) in [5.41, 5.74) is 1.46. The topological polar surface area (TPSA) is 60.9 Å². The molecule has 1 aliphatic heterocycles. The van der Waals surface area contributed by atoms with Crippen molar-refractivity contribution in [2.45, 2.75) is 13.0 Å². The van der Waals surface area contributed by atoms with E-state index in [0.717, 1.165) is 16.2 Å². The normalized spacial score (nSPS) is 18.2. The van der Waals surface area contributed by atoms with Crippen molar-refractivity contribution >= 4 is 17.5 Å². The Bertz CT molecular complexity index is 467. The average molecular weight is 248 g/mol. The minimum Gasteiger partial charge on any atom is -0.389 e. The van der Waals surface area contributed by atoms with E-state index in [9.17, 15) is 14.7 Å². The largest absolute Gasteiger partial charge is 0.389 e. The summed E-state index contributed by atoms with van der Waals surface area (Å²) < 4.78 is 0. The highest BCUT2D eigenvalue weighted by atomic mass is 16.3. The predicted octanol–water partition coefficient (Wildman–Crippen LogP) is 0.545. The molecule has 0 aliphatic carbocycles.